The van der Waals surface area contributed by atoms with Gasteiger partial charge in [0.05, 0.1) is 0 Å². The molecule has 0 aliphatic carbocycles. The molecule has 1 atom stereocenters. The van der Waals surface area contributed by atoms with Crippen LogP contribution in [-0.4, -0.2) is 16.0 Å². The molecule has 0 saturated heterocycles. The van der Waals surface area contributed by atoms with Crippen LogP contribution < -0.4 is 5.73 Å². The van der Waals surface area contributed by atoms with Gasteiger partial charge in [-0.15, -0.1) is 0 Å². The lowest BCUT2D eigenvalue weighted by Crippen LogP contribution is -2.18. The largest absolute Gasteiger partial charge is 0.328 e. The number of hydrogen-bond donors (Lipinski definition) is 1. The Morgan fingerprint density at radius 2 is 1.70 bits per heavy atom. The van der Waals surface area contributed by atoms with Gasteiger partial charge >= 0.3 is 0 Å². The fraction of sp³-hybridized carbons (Fsp3) is 0.375. The van der Waals surface area contributed by atoms with Crippen molar-refractivity contribution in [1.29, 1.82) is 0 Å². The van der Waals surface area contributed by atoms with Crippen LogP contribution in [0.4, 0.5) is 0 Å². The van der Waals surface area contributed by atoms with Gasteiger partial charge in [0.2, 0.25) is 0 Å². The summed E-state index contributed by atoms with van der Waals surface area (Å²) in [7, 11) is 0. The molecule has 1 aromatic heterocycles. The van der Waals surface area contributed by atoms with Crippen molar-refractivity contribution < 1.29 is 0 Å². The fourth-order valence-electron chi connectivity index (χ4n) is 2.00. The van der Waals surface area contributed by atoms with Gasteiger partial charge in [-0.1, -0.05) is 18.2 Å². The number of aromatic nitrogens is 2. The van der Waals surface area contributed by atoms with Crippen LogP contribution in [0.2, 0.25) is 0 Å². The topological polar surface area (TPSA) is 51.8 Å². The molecule has 20 heavy (non-hydrogen) atoms. The van der Waals surface area contributed by atoms with Crippen molar-refractivity contribution in [3.63, 3.8) is 0 Å². The zero-order valence-electron chi connectivity index (χ0n) is 12.5. The summed E-state index contributed by atoms with van der Waals surface area (Å²) in [6.07, 6.45) is 0.868. The van der Waals surface area contributed by atoms with Crippen LogP contribution in [0.5, 0.6) is 0 Å². The second-order valence-electron chi connectivity index (χ2n) is 5.19. The van der Waals surface area contributed by atoms with E-state index in [0.29, 0.717) is 0 Å². The summed E-state index contributed by atoms with van der Waals surface area (Å²) in [5.74, 6) is 0. The Morgan fingerprint density at radius 3 is 2.30 bits per heavy atom. The SMILES string of the molecule is Cc1nc(Sc2ccccc2CC(C)N)nc(C)c1C. The van der Waals surface area contributed by atoms with Gasteiger partial charge in [0.1, 0.15) is 0 Å². The molecule has 3 nitrogen and oxygen atoms in total. The van der Waals surface area contributed by atoms with E-state index in [4.69, 9.17) is 5.73 Å². The fourth-order valence-corrected chi connectivity index (χ4v) is 3.00. The highest BCUT2D eigenvalue weighted by Gasteiger charge is 2.10. The Kier molecular flexibility index (Phi) is 4.78. The number of benzene rings is 1. The molecule has 0 bridgehead atoms. The Balaban J connectivity index is 2.30. The smallest absolute Gasteiger partial charge is 0.192 e. The molecule has 4 heteroatoms. The summed E-state index contributed by atoms with van der Waals surface area (Å²) in [5.41, 5.74) is 10.4. The van der Waals surface area contributed by atoms with Gasteiger partial charge in [0.15, 0.2) is 5.16 Å². The molecule has 2 N–H and O–H groups in total. The van der Waals surface area contributed by atoms with Gasteiger partial charge < -0.3 is 5.73 Å². The average Bonchev–Trinajstić information content (AvgIpc) is 2.37. The molecule has 0 spiro atoms. The Bertz CT molecular complexity index is 585. The normalized spacial score (nSPS) is 12.4. The van der Waals surface area contributed by atoms with E-state index in [1.807, 2.05) is 32.9 Å². The predicted octanol–water partition coefficient (Wildman–Crippen LogP) is 3.44. The lowest BCUT2D eigenvalue weighted by molar-refractivity contribution is 0.729. The molecular formula is C16H21N3S. The van der Waals surface area contributed by atoms with Gasteiger partial charge in [-0.25, -0.2) is 9.97 Å². The summed E-state index contributed by atoms with van der Waals surface area (Å²) in [5, 5.41) is 0.808. The summed E-state index contributed by atoms with van der Waals surface area (Å²) in [4.78, 5) is 10.3. The minimum absolute atomic E-state index is 0.152. The number of hydrogen-bond acceptors (Lipinski definition) is 4. The van der Waals surface area contributed by atoms with E-state index >= 15 is 0 Å². The van der Waals surface area contributed by atoms with Crippen LogP contribution in [0, 0.1) is 20.8 Å². The van der Waals surface area contributed by atoms with Crippen LogP contribution in [0.15, 0.2) is 34.3 Å². The molecule has 0 saturated carbocycles. The van der Waals surface area contributed by atoms with E-state index in [0.717, 1.165) is 23.0 Å². The molecule has 106 valence electrons. The molecule has 0 aliphatic rings. The van der Waals surface area contributed by atoms with Crippen LogP contribution in [0.25, 0.3) is 0 Å². The second-order valence-corrected chi connectivity index (χ2v) is 6.20. The Labute approximate surface area is 125 Å². The quantitative estimate of drug-likeness (QED) is 0.875. The molecule has 2 rings (SSSR count). The van der Waals surface area contributed by atoms with E-state index in [1.165, 1.54) is 16.0 Å². The summed E-state index contributed by atoms with van der Waals surface area (Å²) in [6, 6.07) is 8.48. The second kappa shape index (κ2) is 6.37. The highest BCUT2D eigenvalue weighted by Crippen LogP contribution is 2.29. The highest BCUT2D eigenvalue weighted by atomic mass is 32.2. The molecule has 1 unspecified atom stereocenters. The van der Waals surface area contributed by atoms with Crippen molar-refractivity contribution in [1.82, 2.24) is 9.97 Å². The van der Waals surface area contributed by atoms with Crippen molar-refractivity contribution >= 4 is 11.8 Å². The lowest BCUT2D eigenvalue weighted by Gasteiger charge is -2.11. The highest BCUT2D eigenvalue weighted by molar-refractivity contribution is 7.99. The number of rotatable bonds is 4. The first-order valence-electron chi connectivity index (χ1n) is 6.80. The summed E-state index contributed by atoms with van der Waals surface area (Å²) < 4.78 is 0. The van der Waals surface area contributed by atoms with Gasteiger partial charge in [-0.3, -0.25) is 0 Å². The monoisotopic (exact) mass is 287 g/mol. The lowest BCUT2D eigenvalue weighted by atomic mass is 10.1. The molecule has 0 radical (unpaired) electrons. The molecule has 1 aromatic carbocycles. The van der Waals surface area contributed by atoms with Gasteiger partial charge in [-0.05, 0) is 63.1 Å². The molecule has 0 fully saturated rings. The van der Waals surface area contributed by atoms with Crippen LogP contribution in [-0.2, 0) is 6.42 Å². The zero-order chi connectivity index (χ0) is 14.7. The first-order valence-corrected chi connectivity index (χ1v) is 7.62. The minimum Gasteiger partial charge on any atom is -0.328 e. The Hall–Kier alpha value is -1.39. The molecular weight excluding hydrogens is 266 g/mol. The first kappa shape index (κ1) is 15.0. The van der Waals surface area contributed by atoms with Gasteiger partial charge in [0.25, 0.3) is 0 Å². The maximum atomic E-state index is 5.91. The summed E-state index contributed by atoms with van der Waals surface area (Å²) in [6.45, 7) is 8.14. The van der Waals surface area contributed by atoms with E-state index in [-0.39, 0.29) is 6.04 Å². The Morgan fingerprint density at radius 1 is 1.10 bits per heavy atom. The third-order valence-corrected chi connectivity index (χ3v) is 4.31. The third kappa shape index (κ3) is 3.58. The molecule has 0 amide bonds. The van der Waals surface area contributed by atoms with Crippen LogP contribution in [0.3, 0.4) is 0 Å². The minimum atomic E-state index is 0.152. The van der Waals surface area contributed by atoms with E-state index in [2.05, 4.69) is 29.0 Å². The predicted molar refractivity (Wildman–Crippen MR) is 84.2 cm³/mol. The maximum absolute atomic E-state index is 5.91. The van der Waals surface area contributed by atoms with Crippen molar-refractivity contribution in [2.75, 3.05) is 0 Å². The van der Waals surface area contributed by atoms with E-state index < -0.39 is 0 Å². The standard InChI is InChI=1S/C16H21N3S/c1-10(17)9-14-7-5-6-8-15(14)20-16-18-12(3)11(2)13(4)19-16/h5-8,10H,9,17H2,1-4H3. The van der Waals surface area contributed by atoms with Crippen molar-refractivity contribution in [2.24, 2.45) is 5.73 Å². The zero-order valence-corrected chi connectivity index (χ0v) is 13.3. The van der Waals surface area contributed by atoms with Gasteiger partial charge in [0, 0.05) is 22.3 Å². The van der Waals surface area contributed by atoms with Crippen molar-refractivity contribution in [3.05, 3.63) is 46.8 Å². The molecule has 1 heterocycles. The third-order valence-electron chi connectivity index (χ3n) is 3.33. The van der Waals surface area contributed by atoms with E-state index in [9.17, 15) is 0 Å². The molecule has 2 aromatic rings. The number of aryl methyl sites for hydroxylation is 2. The van der Waals surface area contributed by atoms with Crippen molar-refractivity contribution in [2.45, 2.75) is 50.2 Å². The van der Waals surface area contributed by atoms with Crippen LogP contribution in [0.1, 0.15) is 29.4 Å². The number of nitrogens with two attached hydrogens (primary N) is 1. The maximum Gasteiger partial charge on any atom is 0.192 e. The number of nitrogens with zero attached hydrogens (tertiary/aromatic N) is 2. The first-order chi connectivity index (χ1) is 9.47. The summed E-state index contributed by atoms with van der Waals surface area (Å²) >= 11 is 1.62. The molecule has 0 aliphatic heterocycles. The van der Waals surface area contributed by atoms with Crippen LogP contribution >= 0.6 is 11.8 Å². The van der Waals surface area contributed by atoms with E-state index in [1.54, 1.807) is 11.8 Å². The van der Waals surface area contributed by atoms with Gasteiger partial charge in [-0.2, -0.15) is 0 Å². The average molecular weight is 287 g/mol. The van der Waals surface area contributed by atoms with Crippen molar-refractivity contribution in [3.8, 4) is 0 Å².